The Labute approximate surface area is 147 Å². The number of carbonyl (C=O) groups excluding carboxylic acids is 1. The molecule has 2 aromatic heterocycles. The zero-order chi connectivity index (χ0) is 17.1. The molecule has 1 N–H and O–H groups in total. The van der Waals surface area contributed by atoms with Gasteiger partial charge in [-0.25, -0.2) is 14.8 Å². The molecule has 3 heterocycles. The van der Waals surface area contributed by atoms with Crippen LogP contribution in [0.4, 0.5) is 4.79 Å². The number of nitrogens with zero attached hydrogens (tertiary/aromatic N) is 4. The topological polar surface area (TPSA) is 71.0 Å². The van der Waals surface area contributed by atoms with Crippen LogP contribution in [0.5, 0.6) is 0 Å². The Morgan fingerprint density at radius 2 is 1.92 bits per heavy atom. The number of hydrogen-bond donors (Lipinski definition) is 1. The van der Waals surface area contributed by atoms with E-state index in [1.54, 1.807) is 12.4 Å². The van der Waals surface area contributed by atoms with E-state index in [1.165, 1.54) is 12.8 Å². The molecule has 2 aromatic rings. The minimum Gasteiger partial charge on any atom is -0.338 e. The monoisotopic (exact) mass is 337 g/mol. The molecular weight excluding hydrogens is 314 g/mol. The van der Waals surface area contributed by atoms with E-state index in [-0.39, 0.29) is 12.1 Å². The highest BCUT2D eigenvalue weighted by atomic mass is 16.2. The van der Waals surface area contributed by atoms with Crippen LogP contribution >= 0.6 is 0 Å². The van der Waals surface area contributed by atoms with Crippen molar-refractivity contribution in [2.24, 2.45) is 0 Å². The van der Waals surface area contributed by atoms with Gasteiger partial charge >= 0.3 is 6.03 Å². The Morgan fingerprint density at radius 3 is 2.64 bits per heavy atom. The highest BCUT2D eigenvalue weighted by molar-refractivity contribution is 5.75. The number of likely N-dealkylation sites (tertiary alicyclic amines) is 1. The van der Waals surface area contributed by atoms with Gasteiger partial charge in [0.25, 0.3) is 0 Å². The maximum absolute atomic E-state index is 12.5. The minimum absolute atomic E-state index is 0.00910. The third kappa shape index (κ3) is 3.78. The molecule has 6 nitrogen and oxygen atoms in total. The predicted molar refractivity (Wildman–Crippen MR) is 94.0 cm³/mol. The molecule has 0 aromatic carbocycles. The fraction of sp³-hybridized carbons (Fsp3) is 0.474. The Kier molecular flexibility index (Phi) is 4.59. The minimum atomic E-state index is 0.00910. The first kappa shape index (κ1) is 16.0. The molecule has 25 heavy (non-hydrogen) atoms. The van der Waals surface area contributed by atoms with Crippen LogP contribution in [-0.4, -0.2) is 39.0 Å². The lowest BCUT2D eigenvalue weighted by molar-refractivity contribution is 0.193. The van der Waals surface area contributed by atoms with Crippen LogP contribution in [0.15, 0.2) is 36.9 Å². The average molecular weight is 337 g/mol. The summed E-state index contributed by atoms with van der Waals surface area (Å²) in [6.45, 7) is 1.41. The third-order valence-electron chi connectivity index (χ3n) is 4.96. The molecule has 2 amide bonds. The summed E-state index contributed by atoms with van der Waals surface area (Å²) in [7, 11) is 0. The Morgan fingerprint density at radius 1 is 1.16 bits per heavy atom. The van der Waals surface area contributed by atoms with E-state index >= 15 is 0 Å². The Hall–Kier alpha value is -2.50. The van der Waals surface area contributed by atoms with E-state index in [9.17, 15) is 4.79 Å². The summed E-state index contributed by atoms with van der Waals surface area (Å²) in [6, 6.07) is 4.16. The largest absolute Gasteiger partial charge is 0.338 e. The first-order valence-electron chi connectivity index (χ1n) is 9.06. The van der Waals surface area contributed by atoms with E-state index in [0.29, 0.717) is 12.5 Å². The fourth-order valence-corrected chi connectivity index (χ4v) is 3.40. The standard InChI is InChI=1S/C19H23N5O/c25-19(24-11-1-2-17(24)15-6-8-20-9-7-15)21-10-5-14-12-22-18(23-13-14)16-3-4-16/h6-9,12-13,16-17H,1-5,10-11H2,(H,21,25)/t17-/m1/s1. The number of pyridine rings is 1. The highest BCUT2D eigenvalue weighted by Crippen LogP contribution is 2.37. The quantitative estimate of drug-likeness (QED) is 0.911. The molecule has 0 unspecified atom stereocenters. The normalized spacial score (nSPS) is 19.8. The van der Waals surface area contributed by atoms with Gasteiger partial charge in [-0.15, -0.1) is 0 Å². The van der Waals surface area contributed by atoms with Crippen molar-refractivity contribution in [3.05, 3.63) is 53.9 Å². The first-order chi connectivity index (χ1) is 12.3. The molecule has 4 rings (SSSR count). The van der Waals surface area contributed by atoms with E-state index in [2.05, 4.69) is 20.3 Å². The van der Waals surface area contributed by atoms with Gasteiger partial charge in [0.05, 0.1) is 6.04 Å². The van der Waals surface area contributed by atoms with Gasteiger partial charge in [0.1, 0.15) is 5.82 Å². The van der Waals surface area contributed by atoms with Crippen LogP contribution in [0.2, 0.25) is 0 Å². The van der Waals surface area contributed by atoms with Crippen molar-refractivity contribution in [3.8, 4) is 0 Å². The van der Waals surface area contributed by atoms with Crippen molar-refractivity contribution in [2.45, 2.75) is 44.1 Å². The number of hydrogen-bond acceptors (Lipinski definition) is 4. The summed E-state index contributed by atoms with van der Waals surface area (Å²) >= 11 is 0. The zero-order valence-electron chi connectivity index (χ0n) is 14.3. The smallest absolute Gasteiger partial charge is 0.317 e. The molecule has 0 spiro atoms. The van der Waals surface area contributed by atoms with Crippen molar-refractivity contribution in [2.75, 3.05) is 13.1 Å². The van der Waals surface area contributed by atoms with Crippen LogP contribution in [0.1, 0.15) is 54.6 Å². The first-order valence-corrected chi connectivity index (χ1v) is 9.06. The lowest BCUT2D eigenvalue weighted by Gasteiger charge is -2.25. The van der Waals surface area contributed by atoms with Gasteiger partial charge in [-0.05, 0) is 55.4 Å². The van der Waals surface area contributed by atoms with Crippen molar-refractivity contribution in [1.82, 2.24) is 25.2 Å². The van der Waals surface area contributed by atoms with Crippen LogP contribution in [-0.2, 0) is 6.42 Å². The van der Waals surface area contributed by atoms with E-state index in [0.717, 1.165) is 42.8 Å². The number of aromatic nitrogens is 3. The second kappa shape index (κ2) is 7.17. The number of urea groups is 1. The van der Waals surface area contributed by atoms with Gasteiger partial charge in [-0.2, -0.15) is 0 Å². The highest BCUT2D eigenvalue weighted by Gasteiger charge is 2.29. The van der Waals surface area contributed by atoms with Gasteiger partial charge in [0.2, 0.25) is 0 Å². The third-order valence-corrected chi connectivity index (χ3v) is 4.96. The zero-order valence-corrected chi connectivity index (χ0v) is 14.3. The Balaban J connectivity index is 1.29. The molecule has 1 aliphatic carbocycles. The summed E-state index contributed by atoms with van der Waals surface area (Å²) in [6.07, 6.45) is 12.6. The van der Waals surface area contributed by atoms with Crippen molar-refractivity contribution >= 4 is 6.03 Å². The summed E-state index contributed by atoms with van der Waals surface area (Å²) in [5, 5.41) is 3.04. The van der Waals surface area contributed by atoms with E-state index in [1.807, 2.05) is 29.4 Å². The molecule has 1 atom stereocenters. The maximum atomic E-state index is 12.5. The summed E-state index contributed by atoms with van der Waals surface area (Å²) < 4.78 is 0. The SMILES string of the molecule is O=C(NCCc1cnc(C2CC2)nc1)N1CCC[C@@H]1c1ccncc1. The molecule has 0 bridgehead atoms. The van der Waals surface area contributed by atoms with Crippen LogP contribution in [0.3, 0.4) is 0 Å². The predicted octanol–water partition coefficient (Wildman–Crippen LogP) is 2.84. The fourth-order valence-electron chi connectivity index (χ4n) is 3.40. The molecular formula is C19H23N5O. The van der Waals surface area contributed by atoms with Crippen LogP contribution in [0.25, 0.3) is 0 Å². The number of carbonyl (C=O) groups is 1. The van der Waals surface area contributed by atoms with Gasteiger partial charge in [0.15, 0.2) is 0 Å². The average Bonchev–Trinajstić information content (AvgIpc) is 3.39. The molecule has 1 aliphatic heterocycles. The molecule has 6 heteroatoms. The Bertz CT molecular complexity index is 714. The number of amides is 2. The van der Waals surface area contributed by atoms with E-state index in [4.69, 9.17) is 0 Å². The lowest BCUT2D eigenvalue weighted by Crippen LogP contribution is -2.40. The molecule has 1 saturated heterocycles. The second-order valence-electron chi connectivity index (χ2n) is 6.84. The summed E-state index contributed by atoms with van der Waals surface area (Å²) in [5.41, 5.74) is 2.23. The number of nitrogens with one attached hydrogen (secondary N) is 1. The van der Waals surface area contributed by atoms with Crippen molar-refractivity contribution in [1.29, 1.82) is 0 Å². The van der Waals surface area contributed by atoms with Gasteiger partial charge in [0, 0.05) is 43.8 Å². The summed E-state index contributed by atoms with van der Waals surface area (Å²) in [5.74, 6) is 1.54. The van der Waals surface area contributed by atoms with Gasteiger partial charge < -0.3 is 10.2 Å². The molecule has 1 saturated carbocycles. The molecule has 2 aliphatic rings. The van der Waals surface area contributed by atoms with Crippen LogP contribution < -0.4 is 5.32 Å². The van der Waals surface area contributed by atoms with Gasteiger partial charge in [-0.1, -0.05) is 0 Å². The van der Waals surface area contributed by atoms with E-state index < -0.39 is 0 Å². The molecule has 0 radical (unpaired) electrons. The van der Waals surface area contributed by atoms with Crippen LogP contribution in [0, 0.1) is 0 Å². The van der Waals surface area contributed by atoms with Crippen molar-refractivity contribution < 1.29 is 4.79 Å². The maximum Gasteiger partial charge on any atom is 0.317 e. The van der Waals surface area contributed by atoms with Crippen molar-refractivity contribution in [3.63, 3.8) is 0 Å². The van der Waals surface area contributed by atoms with Gasteiger partial charge in [-0.3, -0.25) is 4.98 Å². The molecule has 130 valence electrons. The molecule has 2 fully saturated rings. The number of rotatable bonds is 5. The lowest BCUT2D eigenvalue weighted by atomic mass is 10.1. The summed E-state index contributed by atoms with van der Waals surface area (Å²) in [4.78, 5) is 27.4. The second-order valence-corrected chi connectivity index (χ2v) is 6.84.